The summed E-state index contributed by atoms with van der Waals surface area (Å²) >= 11 is 6.49. The predicted octanol–water partition coefficient (Wildman–Crippen LogP) is 2.77. The van der Waals surface area contributed by atoms with Gasteiger partial charge >= 0.3 is 12.0 Å². The molecule has 126 valence electrons. The van der Waals surface area contributed by atoms with Gasteiger partial charge in [0.05, 0.1) is 27.3 Å². The molecule has 2 heterocycles. The Bertz CT molecular complexity index is 746. The van der Waals surface area contributed by atoms with Crippen LogP contribution in [0.2, 0.25) is 5.02 Å². The van der Waals surface area contributed by atoms with Crippen LogP contribution in [-0.2, 0) is 0 Å². The summed E-state index contributed by atoms with van der Waals surface area (Å²) in [5, 5.41) is 0.275. The molecule has 1 fully saturated rings. The molecule has 6 nitrogen and oxygen atoms in total. The summed E-state index contributed by atoms with van der Waals surface area (Å²) < 4.78 is 12.1. The largest absolute Gasteiger partial charge is 0.470 e. The first-order chi connectivity index (χ1) is 11.7. The van der Waals surface area contributed by atoms with Crippen LogP contribution in [0.15, 0.2) is 30.3 Å². The second kappa shape index (κ2) is 7.05. The van der Waals surface area contributed by atoms with Gasteiger partial charge in [0.25, 0.3) is 5.88 Å². The van der Waals surface area contributed by atoms with E-state index in [-0.39, 0.29) is 22.9 Å². The summed E-state index contributed by atoms with van der Waals surface area (Å²) in [6, 6.07) is 9.37. The van der Waals surface area contributed by atoms with Crippen molar-refractivity contribution in [3.8, 4) is 23.1 Å². The van der Waals surface area contributed by atoms with Gasteiger partial charge in [-0.3, -0.25) is 4.90 Å². The molecule has 0 unspecified atom stereocenters. The highest BCUT2D eigenvalue weighted by Gasteiger charge is 2.35. The molecule has 0 atom stereocenters. The molecule has 1 amide bonds. The number of rotatable bonds is 3. The second-order valence-corrected chi connectivity index (χ2v) is 5.83. The first kappa shape index (κ1) is 16.5. The van der Waals surface area contributed by atoms with Crippen LogP contribution in [0.25, 0.3) is 11.3 Å². The number of amides is 1. The second-order valence-electron chi connectivity index (χ2n) is 5.45. The molecule has 0 N–H and O–H groups in total. The number of benzene rings is 1. The highest BCUT2D eigenvalue weighted by Crippen LogP contribution is 2.33. The lowest BCUT2D eigenvalue weighted by Crippen LogP contribution is -2.53. The summed E-state index contributed by atoms with van der Waals surface area (Å²) in [6.07, 6.45) is 1.97. The fourth-order valence-electron chi connectivity index (χ4n) is 2.80. The van der Waals surface area contributed by atoms with Crippen molar-refractivity contribution in [3.05, 3.63) is 35.4 Å². The summed E-state index contributed by atoms with van der Waals surface area (Å²) in [4.78, 5) is 19.0. The molecule has 1 saturated heterocycles. The molecule has 2 aromatic rings. The van der Waals surface area contributed by atoms with E-state index in [9.17, 15) is 4.79 Å². The minimum Gasteiger partial charge on any atom is -0.470 e. The van der Waals surface area contributed by atoms with E-state index in [2.05, 4.69) is 4.98 Å². The third-order valence-corrected chi connectivity index (χ3v) is 4.33. The van der Waals surface area contributed by atoms with Crippen molar-refractivity contribution in [2.45, 2.75) is 12.8 Å². The first-order valence-corrected chi connectivity index (χ1v) is 8.13. The Labute approximate surface area is 145 Å². The number of likely N-dealkylation sites (tertiary alicyclic amines) is 1. The average Bonchev–Trinajstić information content (AvgIpc) is 3.16. The van der Waals surface area contributed by atoms with Crippen LogP contribution in [-0.4, -0.2) is 43.2 Å². The Balaban J connectivity index is 2.16. The van der Waals surface area contributed by atoms with Crippen LogP contribution < -0.4 is 14.0 Å². The molecule has 24 heavy (non-hydrogen) atoms. The zero-order chi connectivity index (χ0) is 17.1. The van der Waals surface area contributed by atoms with E-state index < -0.39 is 0 Å². The zero-order valence-electron chi connectivity index (χ0n) is 13.7. The lowest BCUT2D eigenvalue weighted by atomic mass is 10.1. The molecule has 1 aliphatic rings. The predicted molar refractivity (Wildman–Crippen MR) is 89.6 cm³/mol. The molecule has 0 aliphatic carbocycles. The topological polar surface area (TPSA) is 55.5 Å². The van der Waals surface area contributed by atoms with Gasteiger partial charge in [-0.2, -0.15) is 0 Å². The Hall–Kier alpha value is -2.34. The first-order valence-electron chi connectivity index (χ1n) is 7.75. The summed E-state index contributed by atoms with van der Waals surface area (Å²) in [5.41, 5.74) is 1.33. The molecule has 0 radical (unpaired) electrons. The molecule has 1 aromatic heterocycles. The highest BCUT2D eigenvalue weighted by atomic mass is 35.5. The van der Waals surface area contributed by atoms with E-state index in [4.69, 9.17) is 21.1 Å². The number of nitrogens with zero attached hydrogens (tertiary/aromatic N) is 3. The van der Waals surface area contributed by atoms with Gasteiger partial charge in [0.2, 0.25) is 0 Å². The van der Waals surface area contributed by atoms with Crippen molar-refractivity contribution in [2.24, 2.45) is 0 Å². The van der Waals surface area contributed by atoms with E-state index >= 15 is 0 Å². The number of aromatic nitrogens is 2. The molecule has 1 aromatic carbocycles. The molecular formula is C17H19ClN3O3+. The number of halogens is 1. The maximum absolute atomic E-state index is 12.8. The van der Waals surface area contributed by atoms with Gasteiger partial charge in [0.1, 0.15) is 0 Å². The van der Waals surface area contributed by atoms with Crippen LogP contribution in [0, 0.1) is 0 Å². The maximum Gasteiger partial charge on any atom is 0.449 e. The quantitative estimate of drug-likeness (QED) is 0.800. The monoisotopic (exact) mass is 348 g/mol. The van der Waals surface area contributed by atoms with Crippen LogP contribution >= 0.6 is 11.6 Å². The van der Waals surface area contributed by atoms with E-state index in [0.717, 1.165) is 18.4 Å². The number of carbonyl (C=O) groups excluding carboxylic acids is 1. The van der Waals surface area contributed by atoms with Gasteiger partial charge in [-0.25, -0.2) is 4.79 Å². The van der Waals surface area contributed by atoms with Gasteiger partial charge in [0, 0.05) is 5.56 Å². The van der Waals surface area contributed by atoms with Gasteiger partial charge < -0.3 is 9.47 Å². The van der Waals surface area contributed by atoms with E-state index in [1.807, 2.05) is 30.3 Å². The normalized spacial score (nSPS) is 13.9. The van der Waals surface area contributed by atoms with Crippen LogP contribution in [0.5, 0.6) is 11.9 Å². The number of carbonyl (C=O) groups is 1. The molecule has 0 saturated carbocycles. The minimum atomic E-state index is -0.241. The Morgan fingerprint density at radius 1 is 1.17 bits per heavy atom. The lowest BCUT2D eigenvalue weighted by Gasteiger charge is -2.15. The van der Waals surface area contributed by atoms with E-state index in [0.29, 0.717) is 18.8 Å². The fourth-order valence-corrected chi connectivity index (χ4v) is 3.12. The SMILES string of the molecule is COc1nc(-c2ccccc2)c(Cl)c(OC)[n+]1C(=O)N1CCCC1. The third-order valence-electron chi connectivity index (χ3n) is 3.99. The number of ether oxygens (including phenoxy) is 2. The minimum absolute atomic E-state index is 0.145. The van der Waals surface area contributed by atoms with Gasteiger partial charge in [0.15, 0.2) is 10.7 Å². The van der Waals surface area contributed by atoms with Gasteiger partial charge in [-0.05, 0) is 12.8 Å². The highest BCUT2D eigenvalue weighted by molar-refractivity contribution is 6.34. The molecular weight excluding hydrogens is 330 g/mol. The standard InChI is InChI=1S/C17H19ClN3O3/c1-23-15-13(18)14(12-8-4-3-5-9-12)19-16(24-2)21(15)17(22)20-10-6-7-11-20/h3-5,8-9H,6-7,10-11H2,1-2H3/q+1. The van der Waals surface area contributed by atoms with Crippen molar-refractivity contribution in [3.63, 3.8) is 0 Å². The Morgan fingerprint density at radius 2 is 1.83 bits per heavy atom. The molecule has 3 rings (SSSR count). The van der Waals surface area contributed by atoms with E-state index in [1.165, 1.54) is 18.8 Å². The number of methoxy groups -OCH3 is 2. The Morgan fingerprint density at radius 3 is 2.42 bits per heavy atom. The average molecular weight is 349 g/mol. The lowest BCUT2D eigenvalue weighted by molar-refractivity contribution is -0.595. The van der Waals surface area contributed by atoms with Crippen LogP contribution in [0.4, 0.5) is 4.79 Å². The number of hydrogen-bond donors (Lipinski definition) is 0. The molecule has 1 aliphatic heterocycles. The van der Waals surface area contributed by atoms with Crippen molar-refractivity contribution in [2.75, 3.05) is 27.3 Å². The van der Waals surface area contributed by atoms with Crippen molar-refractivity contribution in [1.82, 2.24) is 9.88 Å². The van der Waals surface area contributed by atoms with Crippen LogP contribution in [0.3, 0.4) is 0 Å². The number of hydrogen-bond acceptors (Lipinski definition) is 4. The summed E-state index contributed by atoms with van der Waals surface area (Å²) in [6.45, 7) is 1.41. The van der Waals surface area contributed by atoms with Crippen molar-refractivity contribution >= 4 is 17.6 Å². The fraction of sp³-hybridized carbons (Fsp3) is 0.353. The zero-order valence-corrected chi connectivity index (χ0v) is 14.4. The van der Waals surface area contributed by atoms with Gasteiger partial charge in [-0.15, -0.1) is 0 Å². The van der Waals surface area contributed by atoms with Gasteiger partial charge in [-0.1, -0.05) is 51.5 Å². The molecule has 7 heteroatoms. The molecule has 0 spiro atoms. The van der Waals surface area contributed by atoms with Crippen molar-refractivity contribution in [1.29, 1.82) is 0 Å². The third kappa shape index (κ3) is 2.89. The van der Waals surface area contributed by atoms with E-state index in [1.54, 1.807) is 4.90 Å². The maximum atomic E-state index is 12.8. The smallest absolute Gasteiger partial charge is 0.449 e. The summed E-state index contributed by atoms with van der Waals surface area (Å²) in [7, 11) is 2.95. The molecule has 0 bridgehead atoms. The van der Waals surface area contributed by atoms with Crippen molar-refractivity contribution < 1.29 is 18.8 Å². The van der Waals surface area contributed by atoms with Crippen LogP contribution in [0.1, 0.15) is 12.8 Å². The summed E-state index contributed by atoms with van der Waals surface area (Å²) in [5.74, 6) is 0.222. The Kier molecular flexibility index (Phi) is 4.85.